The van der Waals surface area contributed by atoms with E-state index in [9.17, 15) is 9.18 Å². The molecule has 0 spiro atoms. The van der Waals surface area contributed by atoms with Gasteiger partial charge in [-0.3, -0.25) is 4.79 Å². The summed E-state index contributed by atoms with van der Waals surface area (Å²) in [6.45, 7) is 1.48. The minimum Gasteiger partial charge on any atom is -0.447 e. The Morgan fingerprint density at radius 2 is 2.19 bits per heavy atom. The molecule has 0 aliphatic carbocycles. The third-order valence-electron chi connectivity index (χ3n) is 2.60. The van der Waals surface area contributed by atoms with Crippen molar-refractivity contribution in [2.75, 3.05) is 0 Å². The van der Waals surface area contributed by atoms with Gasteiger partial charge in [-0.25, -0.2) is 4.39 Å². The molecule has 2 rings (SSSR count). The lowest BCUT2D eigenvalue weighted by atomic mass is 10.2. The van der Waals surface area contributed by atoms with Crippen molar-refractivity contribution in [3.05, 3.63) is 36.0 Å². The molecule has 1 aromatic carbocycles. The zero-order valence-electron chi connectivity index (χ0n) is 11.2. The largest absolute Gasteiger partial charge is 0.447 e. The third-order valence-corrected chi connectivity index (χ3v) is 2.60. The molecule has 0 saturated heterocycles. The van der Waals surface area contributed by atoms with Gasteiger partial charge in [-0.2, -0.15) is 10.2 Å². The number of carbonyl (C=O) groups is 1. The summed E-state index contributed by atoms with van der Waals surface area (Å²) >= 11 is 0. The SMILES string of the molecule is C[C@H](C#N)OC(=O)CCc1nc(-c2ccc(F)cc2)no1. The van der Waals surface area contributed by atoms with Crippen molar-refractivity contribution in [3.63, 3.8) is 0 Å². The number of aromatic nitrogens is 2. The summed E-state index contributed by atoms with van der Waals surface area (Å²) in [5.41, 5.74) is 0.618. The lowest BCUT2D eigenvalue weighted by Crippen LogP contribution is -2.13. The molecule has 6 nitrogen and oxygen atoms in total. The third kappa shape index (κ3) is 4.11. The van der Waals surface area contributed by atoms with Crippen LogP contribution in [0.1, 0.15) is 19.2 Å². The maximum absolute atomic E-state index is 12.8. The molecule has 2 aromatic rings. The minimum atomic E-state index is -0.782. The van der Waals surface area contributed by atoms with Crippen LogP contribution in [0.4, 0.5) is 4.39 Å². The quantitative estimate of drug-likeness (QED) is 0.784. The Hall–Kier alpha value is -2.75. The number of ether oxygens (including phenoxy) is 1. The molecule has 1 aromatic heterocycles. The van der Waals surface area contributed by atoms with Crippen molar-refractivity contribution in [2.24, 2.45) is 0 Å². The summed E-state index contributed by atoms with van der Waals surface area (Å²) in [7, 11) is 0. The van der Waals surface area contributed by atoms with E-state index in [-0.39, 0.29) is 24.5 Å². The lowest BCUT2D eigenvalue weighted by Gasteiger charge is -2.03. The Morgan fingerprint density at radius 1 is 1.48 bits per heavy atom. The highest BCUT2D eigenvalue weighted by Gasteiger charge is 2.13. The number of halogens is 1. The van der Waals surface area contributed by atoms with Crippen LogP contribution in [-0.4, -0.2) is 22.2 Å². The molecule has 0 N–H and O–H groups in total. The van der Waals surface area contributed by atoms with Crippen molar-refractivity contribution in [1.82, 2.24) is 10.1 Å². The molecule has 108 valence electrons. The number of aryl methyl sites for hydroxylation is 1. The first-order chi connectivity index (χ1) is 10.1. The number of nitrogens with zero attached hydrogens (tertiary/aromatic N) is 3. The molecule has 1 atom stereocenters. The molecular formula is C14H12FN3O3. The van der Waals surface area contributed by atoms with Gasteiger partial charge in [-0.1, -0.05) is 5.16 Å². The van der Waals surface area contributed by atoms with E-state index in [0.29, 0.717) is 11.4 Å². The first-order valence-electron chi connectivity index (χ1n) is 6.26. The molecule has 0 bridgehead atoms. The summed E-state index contributed by atoms with van der Waals surface area (Å²) in [6.07, 6.45) is -0.530. The highest BCUT2D eigenvalue weighted by molar-refractivity contribution is 5.70. The van der Waals surface area contributed by atoms with Crippen LogP contribution in [0.3, 0.4) is 0 Å². The Balaban J connectivity index is 1.93. The number of carbonyl (C=O) groups excluding carboxylic acids is 1. The highest BCUT2D eigenvalue weighted by Crippen LogP contribution is 2.16. The van der Waals surface area contributed by atoms with Gasteiger partial charge < -0.3 is 9.26 Å². The standard InChI is InChI=1S/C14H12FN3O3/c1-9(8-16)20-13(19)7-6-12-17-14(18-21-12)10-2-4-11(15)5-3-10/h2-5,9H,6-7H2,1H3/t9-/m1/s1. The molecule has 0 amide bonds. The molecule has 1 heterocycles. The number of nitriles is 1. The van der Waals surface area contributed by atoms with Crippen LogP contribution in [0.2, 0.25) is 0 Å². The normalized spacial score (nSPS) is 11.7. The molecule has 0 aliphatic rings. The highest BCUT2D eigenvalue weighted by atomic mass is 19.1. The van der Waals surface area contributed by atoms with Crippen LogP contribution >= 0.6 is 0 Å². The molecule has 0 saturated carbocycles. The summed E-state index contributed by atoms with van der Waals surface area (Å²) in [4.78, 5) is 15.5. The average molecular weight is 289 g/mol. The summed E-state index contributed by atoms with van der Waals surface area (Å²) in [6, 6.07) is 7.46. The van der Waals surface area contributed by atoms with Crippen LogP contribution in [0.25, 0.3) is 11.4 Å². The monoisotopic (exact) mass is 289 g/mol. The summed E-state index contributed by atoms with van der Waals surface area (Å²) < 4.78 is 22.6. The van der Waals surface area contributed by atoms with E-state index in [2.05, 4.69) is 10.1 Å². The van der Waals surface area contributed by atoms with Gasteiger partial charge in [-0.15, -0.1) is 0 Å². The summed E-state index contributed by atoms with van der Waals surface area (Å²) in [5, 5.41) is 12.3. The van der Waals surface area contributed by atoms with Crippen LogP contribution in [0.5, 0.6) is 0 Å². The van der Waals surface area contributed by atoms with Gasteiger partial charge in [0.05, 0.1) is 6.42 Å². The Bertz CT molecular complexity index is 661. The number of hydrogen-bond acceptors (Lipinski definition) is 6. The van der Waals surface area contributed by atoms with Crippen molar-refractivity contribution in [3.8, 4) is 17.5 Å². The molecule has 0 aliphatic heterocycles. The fourth-order valence-electron chi connectivity index (χ4n) is 1.56. The van der Waals surface area contributed by atoms with E-state index in [1.807, 2.05) is 0 Å². The molecule has 7 heteroatoms. The van der Waals surface area contributed by atoms with E-state index in [0.717, 1.165) is 0 Å². The molecule has 21 heavy (non-hydrogen) atoms. The fraction of sp³-hybridized carbons (Fsp3) is 0.286. The van der Waals surface area contributed by atoms with Crippen LogP contribution < -0.4 is 0 Å². The van der Waals surface area contributed by atoms with E-state index in [1.165, 1.54) is 31.2 Å². The van der Waals surface area contributed by atoms with Gasteiger partial charge >= 0.3 is 5.97 Å². The van der Waals surface area contributed by atoms with E-state index in [1.54, 1.807) is 6.07 Å². The molecule has 0 radical (unpaired) electrons. The van der Waals surface area contributed by atoms with Crippen molar-refractivity contribution < 1.29 is 18.4 Å². The van der Waals surface area contributed by atoms with Gasteiger partial charge in [0, 0.05) is 12.0 Å². The van der Waals surface area contributed by atoms with Crippen molar-refractivity contribution >= 4 is 5.97 Å². The van der Waals surface area contributed by atoms with Crippen LogP contribution in [0, 0.1) is 17.1 Å². The van der Waals surface area contributed by atoms with Gasteiger partial charge in [0.2, 0.25) is 11.7 Å². The zero-order valence-corrected chi connectivity index (χ0v) is 11.2. The maximum Gasteiger partial charge on any atom is 0.307 e. The first kappa shape index (κ1) is 14.7. The Labute approximate surface area is 120 Å². The number of benzene rings is 1. The molecule has 0 fully saturated rings. The molecular weight excluding hydrogens is 277 g/mol. The lowest BCUT2D eigenvalue weighted by molar-refractivity contribution is -0.145. The van der Waals surface area contributed by atoms with Crippen molar-refractivity contribution in [2.45, 2.75) is 25.9 Å². The Morgan fingerprint density at radius 3 is 2.86 bits per heavy atom. The minimum absolute atomic E-state index is 0.0388. The topological polar surface area (TPSA) is 89.0 Å². The predicted octanol–water partition coefficient (Wildman–Crippen LogP) is 2.26. The fourth-order valence-corrected chi connectivity index (χ4v) is 1.56. The van der Waals surface area contributed by atoms with Gasteiger partial charge in [0.15, 0.2) is 6.10 Å². The number of esters is 1. The van der Waals surface area contributed by atoms with Crippen LogP contribution in [-0.2, 0) is 16.0 Å². The zero-order chi connectivity index (χ0) is 15.2. The smallest absolute Gasteiger partial charge is 0.307 e. The van der Waals surface area contributed by atoms with E-state index >= 15 is 0 Å². The van der Waals surface area contributed by atoms with Crippen molar-refractivity contribution in [1.29, 1.82) is 5.26 Å². The van der Waals surface area contributed by atoms with E-state index in [4.69, 9.17) is 14.5 Å². The van der Waals surface area contributed by atoms with Gasteiger partial charge in [0.25, 0.3) is 0 Å². The Kier molecular flexibility index (Phi) is 4.61. The van der Waals surface area contributed by atoms with Gasteiger partial charge in [0.1, 0.15) is 11.9 Å². The predicted molar refractivity (Wildman–Crippen MR) is 69.2 cm³/mol. The average Bonchev–Trinajstić information content (AvgIpc) is 2.94. The first-order valence-corrected chi connectivity index (χ1v) is 6.26. The second-order valence-corrected chi connectivity index (χ2v) is 4.28. The molecule has 0 unspecified atom stereocenters. The maximum atomic E-state index is 12.8. The second kappa shape index (κ2) is 6.61. The second-order valence-electron chi connectivity index (χ2n) is 4.28. The van der Waals surface area contributed by atoms with E-state index < -0.39 is 12.1 Å². The van der Waals surface area contributed by atoms with Gasteiger partial charge in [-0.05, 0) is 31.2 Å². The number of hydrogen-bond donors (Lipinski definition) is 0. The van der Waals surface area contributed by atoms with Crippen LogP contribution in [0.15, 0.2) is 28.8 Å². The summed E-state index contributed by atoms with van der Waals surface area (Å²) in [5.74, 6) is -0.262. The number of rotatable bonds is 5.